The van der Waals surface area contributed by atoms with E-state index in [4.69, 9.17) is 0 Å². The van der Waals surface area contributed by atoms with Crippen molar-refractivity contribution in [2.45, 2.75) is 13.3 Å². The minimum atomic E-state index is -0.0725. The Bertz CT molecular complexity index is 968. The number of para-hydroxylation sites is 1. The van der Waals surface area contributed by atoms with Gasteiger partial charge >= 0.3 is 0 Å². The molecule has 0 aromatic heterocycles. The van der Waals surface area contributed by atoms with Crippen LogP contribution in [-0.4, -0.2) is 12.5 Å². The molecule has 0 aliphatic carbocycles. The van der Waals surface area contributed by atoms with Gasteiger partial charge in [0.15, 0.2) is 0 Å². The quantitative estimate of drug-likeness (QED) is 0.652. The largest absolute Gasteiger partial charge is 0.376 e. The topological polar surface area (TPSA) is 41.1 Å². The van der Waals surface area contributed by atoms with Gasteiger partial charge in [0.2, 0.25) is 5.91 Å². The van der Waals surface area contributed by atoms with Gasteiger partial charge in [0, 0.05) is 22.5 Å². The van der Waals surface area contributed by atoms with Crippen molar-refractivity contribution in [2.75, 3.05) is 17.2 Å². The maximum atomic E-state index is 12.2. The average molecular weight is 354 g/mol. The van der Waals surface area contributed by atoms with Gasteiger partial charge in [-0.3, -0.25) is 4.79 Å². The van der Waals surface area contributed by atoms with E-state index in [0.29, 0.717) is 0 Å². The molecule has 1 amide bonds. The molecule has 134 valence electrons. The number of carbonyl (C=O) groups excluding carboxylic acids is 1. The second kappa shape index (κ2) is 9.26. The third kappa shape index (κ3) is 5.49. The summed E-state index contributed by atoms with van der Waals surface area (Å²) < 4.78 is 0. The van der Waals surface area contributed by atoms with E-state index < -0.39 is 0 Å². The number of rotatable bonds is 5. The molecule has 0 fully saturated rings. The van der Waals surface area contributed by atoms with Gasteiger partial charge < -0.3 is 10.6 Å². The first-order valence-electron chi connectivity index (χ1n) is 9.03. The zero-order valence-corrected chi connectivity index (χ0v) is 15.3. The van der Waals surface area contributed by atoms with E-state index in [0.717, 1.165) is 34.5 Å². The highest BCUT2D eigenvalue weighted by Gasteiger charge is 2.05. The van der Waals surface area contributed by atoms with Crippen molar-refractivity contribution in [1.82, 2.24) is 0 Å². The average Bonchev–Trinajstić information content (AvgIpc) is 2.72. The fourth-order valence-electron chi connectivity index (χ4n) is 2.70. The number of benzene rings is 3. The Hall–Kier alpha value is -3.51. The number of anilines is 2. The van der Waals surface area contributed by atoms with E-state index >= 15 is 0 Å². The highest BCUT2D eigenvalue weighted by Crippen LogP contribution is 2.15. The molecular formula is C24H22N2O. The van der Waals surface area contributed by atoms with Crippen molar-refractivity contribution in [3.63, 3.8) is 0 Å². The Morgan fingerprint density at radius 1 is 0.852 bits per heavy atom. The zero-order valence-electron chi connectivity index (χ0n) is 15.3. The summed E-state index contributed by atoms with van der Waals surface area (Å²) in [6.07, 6.45) is 0.881. The van der Waals surface area contributed by atoms with Gasteiger partial charge in [0.1, 0.15) is 0 Å². The summed E-state index contributed by atoms with van der Waals surface area (Å²) in [5.74, 6) is 6.22. The lowest BCUT2D eigenvalue weighted by Gasteiger charge is -2.11. The normalized spacial score (nSPS) is 9.81. The summed E-state index contributed by atoms with van der Waals surface area (Å²) in [7, 11) is 0. The molecule has 3 rings (SSSR count). The number of carbonyl (C=O) groups is 1. The summed E-state index contributed by atoms with van der Waals surface area (Å²) in [4.78, 5) is 12.2. The molecular weight excluding hydrogens is 332 g/mol. The van der Waals surface area contributed by atoms with Crippen LogP contribution in [-0.2, 0) is 11.2 Å². The fraction of sp³-hybridized carbons (Fsp3) is 0.125. The molecule has 3 aromatic carbocycles. The maximum absolute atomic E-state index is 12.2. The number of hydrogen-bond donors (Lipinski definition) is 2. The lowest BCUT2D eigenvalue weighted by atomic mass is 10.1. The maximum Gasteiger partial charge on any atom is 0.243 e. The van der Waals surface area contributed by atoms with Gasteiger partial charge in [-0.25, -0.2) is 0 Å². The number of amides is 1. The van der Waals surface area contributed by atoms with Crippen molar-refractivity contribution >= 4 is 17.3 Å². The van der Waals surface area contributed by atoms with Crippen molar-refractivity contribution in [1.29, 1.82) is 0 Å². The van der Waals surface area contributed by atoms with Crippen molar-refractivity contribution in [3.8, 4) is 11.8 Å². The van der Waals surface area contributed by atoms with Crippen molar-refractivity contribution < 1.29 is 4.79 Å². The molecule has 0 saturated heterocycles. The molecule has 27 heavy (non-hydrogen) atoms. The van der Waals surface area contributed by atoms with Crippen LogP contribution < -0.4 is 10.6 Å². The van der Waals surface area contributed by atoms with Crippen LogP contribution in [0.15, 0.2) is 78.9 Å². The van der Waals surface area contributed by atoms with Crippen molar-refractivity contribution in [3.05, 3.63) is 95.6 Å². The van der Waals surface area contributed by atoms with E-state index in [9.17, 15) is 4.79 Å². The molecule has 0 atom stereocenters. The highest BCUT2D eigenvalue weighted by atomic mass is 16.1. The van der Waals surface area contributed by atoms with Crippen LogP contribution in [0.2, 0.25) is 0 Å². The van der Waals surface area contributed by atoms with Crippen LogP contribution in [0.3, 0.4) is 0 Å². The molecule has 0 aliphatic rings. The molecule has 3 aromatic rings. The summed E-state index contributed by atoms with van der Waals surface area (Å²) >= 11 is 0. The van der Waals surface area contributed by atoms with Crippen LogP contribution >= 0.6 is 0 Å². The second-order valence-corrected chi connectivity index (χ2v) is 6.11. The van der Waals surface area contributed by atoms with E-state index in [1.54, 1.807) is 0 Å². The SMILES string of the molecule is CCc1ccccc1NC(=O)CNc1cccc(C#Cc2ccccc2)c1. The van der Waals surface area contributed by atoms with Gasteiger partial charge in [0.25, 0.3) is 0 Å². The summed E-state index contributed by atoms with van der Waals surface area (Å²) in [5, 5.41) is 6.12. The smallest absolute Gasteiger partial charge is 0.243 e. The summed E-state index contributed by atoms with van der Waals surface area (Å²) in [6, 6.07) is 25.5. The standard InChI is InChI=1S/C24H22N2O/c1-2-21-12-6-7-14-23(21)26-24(27)18-25-22-13-8-11-20(17-22)16-15-19-9-4-3-5-10-19/h3-14,17,25H,2,18H2,1H3,(H,26,27). The molecule has 0 spiro atoms. The molecule has 0 aliphatic heterocycles. The minimum Gasteiger partial charge on any atom is -0.376 e. The third-order valence-corrected chi connectivity index (χ3v) is 4.11. The van der Waals surface area contributed by atoms with Crippen LogP contribution in [0.5, 0.6) is 0 Å². The monoisotopic (exact) mass is 354 g/mol. The Labute approximate surface area is 160 Å². The lowest BCUT2D eigenvalue weighted by Crippen LogP contribution is -2.22. The van der Waals surface area contributed by atoms with Crippen LogP contribution in [0.25, 0.3) is 0 Å². The number of aryl methyl sites for hydroxylation is 1. The van der Waals surface area contributed by atoms with Crippen LogP contribution in [0.4, 0.5) is 11.4 Å². The molecule has 3 nitrogen and oxygen atoms in total. The first-order valence-corrected chi connectivity index (χ1v) is 9.03. The van der Waals surface area contributed by atoms with Gasteiger partial charge in [-0.05, 0) is 48.4 Å². The highest BCUT2D eigenvalue weighted by molar-refractivity contribution is 5.94. The molecule has 2 N–H and O–H groups in total. The van der Waals surface area contributed by atoms with Crippen LogP contribution in [0.1, 0.15) is 23.6 Å². The van der Waals surface area contributed by atoms with Crippen LogP contribution in [0, 0.1) is 11.8 Å². The third-order valence-electron chi connectivity index (χ3n) is 4.11. The molecule has 0 bridgehead atoms. The van der Waals surface area contributed by atoms with Gasteiger partial charge in [-0.2, -0.15) is 0 Å². The summed E-state index contributed by atoms with van der Waals surface area (Å²) in [5.41, 5.74) is 4.75. The predicted octanol–water partition coefficient (Wildman–Crippen LogP) is 4.70. The Kier molecular flexibility index (Phi) is 6.27. The van der Waals surface area contributed by atoms with E-state index in [-0.39, 0.29) is 12.5 Å². The van der Waals surface area contributed by atoms with E-state index in [1.807, 2.05) is 78.9 Å². The predicted molar refractivity (Wildman–Crippen MR) is 112 cm³/mol. The number of nitrogens with one attached hydrogen (secondary N) is 2. The van der Waals surface area contributed by atoms with Gasteiger partial charge in [-0.15, -0.1) is 0 Å². The van der Waals surface area contributed by atoms with E-state index in [1.165, 1.54) is 0 Å². The lowest BCUT2D eigenvalue weighted by molar-refractivity contribution is -0.114. The first kappa shape index (κ1) is 18.3. The van der Waals surface area contributed by atoms with Gasteiger partial charge in [-0.1, -0.05) is 61.2 Å². The minimum absolute atomic E-state index is 0.0725. The second-order valence-electron chi connectivity index (χ2n) is 6.11. The van der Waals surface area contributed by atoms with E-state index in [2.05, 4.69) is 29.4 Å². The summed E-state index contributed by atoms with van der Waals surface area (Å²) in [6.45, 7) is 2.28. The number of hydrogen-bond acceptors (Lipinski definition) is 2. The molecule has 0 unspecified atom stereocenters. The molecule has 0 heterocycles. The Morgan fingerprint density at radius 3 is 2.37 bits per heavy atom. The van der Waals surface area contributed by atoms with Gasteiger partial charge in [0.05, 0.1) is 6.54 Å². The molecule has 3 heteroatoms. The Balaban J connectivity index is 1.60. The Morgan fingerprint density at radius 2 is 1.56 bits per heavy atom. The fourth-order valence-corrected chi connectivity index (χ4v) is 2.70. The van der Waals surface area contributed by atoms with Crippen molar-refractivity contribution in [2.24, 2.45) is 0 Å². The molecule has 0 saturated carbocycles. The zero-order chi connectivity index (χ0) is 18.9. The first-order chi connectivity index (χ1) is 13.2. The molecule has 0 radical (unpaired) electrons.